The molecule has 2 aromatic rings. The molecule has 2 N–H and O–H groups in total. The van der Waals surface area contributed by atoms with Gasteiger partial charge in [-0.1, -0.05) is 5.16 Å². The van der Waals surface area contributed by atoms with Gasteiger partial charge in [-0.15, -0.1) is 0 Å². The average Bonchev–Trinajstić information content (AvgIpc) is 3.23. The molecule has 0 bridgehead atoms. The monoisotopic (exact) mass is 348 g/mol. The minimum Gasteiger partial charge on any atom is -0.379 e. The van der Waals surface area contributed by atoms with Crippen LogP contribution in [0.15, 0.2) is 16.9 Å². The number of nitrogens with one attached hydrogen (secondary N) is 2. The normalized spacial score (nSPS) is 20.6. The molecular formula is C17H24N4O4. The van der Waals surface area contributed by atoms with Crippen molar-refractivity contribution in [3.8, 4) is 0 Å². The third kappa shape index (κ3) is 4.67. The summed E-state index contributed by atoms with van der Waals surface area (Å²) < 4.78 is 16.7. The SMILES string of the molecule is Cc1noc(C)c1CO[C@@H]1COCC[C@H]1NC(=O)CCc1cn[nH]c1. The predicted octanol–water partition coefficient (Wildman–Crippen LogP) is 1.44. The van der Waals surface area contributed by atoms with Crippen molar-refractivity contribution in [1.29, 1.82) is 0 Å². The lowest BCUT2D eigenvalue weighted by Gasteiger charge is -2.32. The molecule has 8 nitrogen and oxygen atoms in total. The Bertz CT molecular complexity index is 663. The van der Waals surface area contributed by atoms with Crippen LogP contribution in [-0.4, -0.2) is 46.6 Å². The van der Waals surface area contributed by atoms with Gasteiger partial charge in [-0.25, -0.2) is 0 Å². The maximum Gasteiger partial charge on any atom is 0.220 e. The van der Waals surface area contributed by atoms with Gasteiger partial charge < -0.3 is 19.3 Å². The lowest BCUT2D eigenvalue weighted by atomic mass is 10.1. The first-order chi connectivity index (χ1) is 12.1. The largest absolute Gasteiger partial charge is 0.379 e. The first kappa shape index (κ1) is 17.6. The summed E-state index contributed by atoms with van der Waals surface area (Å²) in [5, 5.41) is 13.6. The second-order valence-corrected chi connectivity index (χ2v) is 6.30. The quantitative estimate of drug-likeness (QED) is 0.785. The summed E-state index contributed by atoms with van der Waals surface area (Å²) in [6.45, 7) is 5.25. The van der Waals surface area contributed by atoms with Gasteiger partial charge in [0.1, 0.15) is 11.9 Å². The van der Waals surface area contributed by atoms with Crippen LogP contribution in [-0.2, 0) is 27.3 Å². The van der Waals surface area contributed by atoms with Crippen molar-refractivity contribution in [2.75, 3.05) is 13.2 Å². The standard InChI is InChI=1S/C17H24N4O4/c1-11-14(12(2)25-21-11)9-24-16-10-23-6-5-15(16)20-17(22)4-3-13-7-18-19-8-13/h7-8,15-16H,3-6,9-10H2,1-2H3,(H,18,19)(H,20,22)/t15-,16-/m1/s1. The van der Waals surface area contributed by atoms with Crippen LogP contribution < -0.4 is 5.32 Å². The van der Waals surface area contributed by atoms with Crippen LogP contribution in [0.2, 0.25) is 0 Å². The topological polar surface area (TPSA) is 102 Å². The van der Waals surface area contributed by atoms with Gasteiger partial charge in [0.05, 0.1) is 31.1 Å². The van der Waals surface area contributed by atoms with E-state index < -0.39 is 0 Å². The minimum absolute atomic E-state index is 0.0130. The van der Waals surface area contributed by atoms with Crippen molar-refractivity contribution in [2.24, 2.45) is 0 Å². The number of carbonyl (C=O) groups excluding carboxylic acids is 1. The van der Waals surface area contributed by atoms with Crippen molar-refractivity contribution in [3.05, 3.63) is 35.0 Å². The fraction of sp³-hybridized carbons (Fsp3) is 0.588. The second kappa shape index (κ2) is 8.26. The fourth-order valence-electron chi connectivity index (χ4n) is 2.89. The molecule has 3 heterocycles. The van der Waals surface area contributed by atoms with E-state index in [0.29, 0.717) is 32.7 Å². The molecular weight excluding hydrogens is 324 g/mol. The molecule has 0 aromatic carbocycles. The summed E-state index contributed by atoms with van der Waals surface area (Å²) in [6.07, 6.45) is 5.18. The summed E-state index contributed by atoms with van der Waals surface area (Å²) >= 11 is 0. The Balaban J connectivity index is 1.50. The Labute approximate surface area is 146 Å². The molecule has 1 aliphatic heterocycles. The average molecular weight is 348 g/mol. The van der Waals surface area contributed by atoms with E-state index in [4.69, 9.17) is 14.0 Å². The molecule has 136 valence electrons. The predicted molar refractivity (Wildman–Crippen MR) is 88.8 cm³/mol. The highest BCUT2D eigenvalue weighted by molar-refractivity contribution is 5.76. The third-order valence-corrected chi connectivity index (χ3v) is 4.47. The summed E-state index contributed by atoms with van der Waals surface area (Å²) in [5.41, 5.74) is 2.80. The number of rotatable bonds is 7. The number of nitrogens with zero attached hydrogens (tertiary/aromatic N) is 2. The number of amides is 1. The number of hydrogen-bond donors (Lipinski definition) is 2. The van der Waals surface area contributed by atoms with Gasteiger partial charge in [0, 0.05) is 24.8 Å². The molecule has 1 fully saturated rings. The zero-order valence-electron chi connectivity index (χ0n) is 14.6. The van der Waals surface area contributed by atoms with Crippen LogP contribution >= 0.6 is 0 Å². The molecule has 8 heteroatoms. The van der Waals surface area contributed by atoms with E-state index in [1.165, 1.54) is 0 Å². The van der Waals surface area contributed by atoms with Crippen LogP contribution in [0.25, 0.3) is 0 Å². The molecule has 1 aliphatic rings. The van der Waals surface area contributed by atoms with Gasteiger partial charge in [0.15, 0.2) is 0 Å². The fourth-order valence-corrected chi connectivity index (χ4v) is 2.89. The molecule has 2 atom stereocenters. The molecule has 0 unspecified atom stereocenters. The van der Waals surface area contributed by atoms with E-state index >= 15 is 0 Å². The lowest BCUT2D eigenvalue weighted by Crippen LogP contribution is -2.50. The van der Waals surface area contributed by atoms with Crippen LogP contribution in [0, 0.1) is 13.8 Å². The van der Waals surface area contributed by atoms with E-state index in [0.717, 1.165) is 29.0 Å². The number of carbonyl (C=O) groups is 1. The molecule has 25 heavy (non-hydrogen) atoms. The van der Waals surface area contributed by atoms with Crippen molar-refractivity contribution in [3.63, 3.8) is 0 Å². The molecule has 2 aromatic heterocycles. The van der Waals surface area contributed by atoms with E-state index in [1.54, 1.807) is 12.4 Å². The van der Waals surface area contributed by atoms with Gasteiger partial charge in [-0.2, -0.15) is 5.10 Å². The first-order valence-corrected chi connectivity index (χ1v) is 8.51. The Hall–Kier alpha value is -2.19. The van der Waals surface area contributed by atoms with Crippen molar-refractivity contribution < 1.29 is 18.8 Å². The highest BCUT2D eigenvalue weighted by Crippen LogP contribution is 2.18. The molecule has 0 spiro atoms. The smallest absolute Gasteiger partial charge is 0.220 e. The third-order valence-electron chi connectivity index (χ3n) is 4.47. The summed E-state index contributed by atoms with van der Waals surface area (Å²) in [7, 11) is 0. The first-order valence-electron chi connectivity index (χ1n) is 8.51. The zero-order chi connectivity index (χ0) is 17.6. The maximum atomic E-state index is 12.2. The number of ether oxygens (including phenoxy) is 2. The number of hydrogen-bond acceptors (Lipinski definition) is 6. The summed E-state index contributed by atoms with van der Waals surface area (Å²) in [4.78, 5) is 12.2. The number of aromatic nitrogens is 3. The number of H-pyrrole nitrogens is 1. The van der Waals surface area contributed by atoms with Gasteiger partial charge in [0.2, 0.25) is 5.91 Å². The number of aryl methyl sites for hydroxylation is 3. The maximum absolute atomic E-state index is 12.2. The molecule has 1 amide bonds. The van der Waals surface area contributed by atoms with Crippen LogP contribution in [0.4, 0.5) is 0 Å². The highest BCUT2D eigenvalue weighted by atomic mass is 16.5. The van der Waals surface area contributed by atoms with Crippen LogP contribution in [0.1, 0.15) is 35.4 Å². The van der Waals surface area contributed by atoms with Crippen molar-refractivity contribution in [2.45, 2.75) is 51.9 Å². The minimum atomic E-state index is -0.180. The molecule has 0 radical (unpaired) electrons. The summed E-state index contributed by atoms with van der Waals surface area (Å²) in [6, 6.07) is -0.0499. The molecule has 3 rings (SSSR count). The van der Waals surface area contributed by atoms with E-state index in [1.807, 2.05) is 13.8 Å². The van der Waals surface area contributed by atoms with Gasteiger partial charge >= 0.3 is 0 Å². The van der Waals surface area contributed by atoms with Crippen molar-refractivity contribution in [1.82, 2.24) is 20.7 Å². The highest BCUT2D eigenvalue weighted by Gasteiger charge is 2.28. The Morgan fingerprint density at radius 3 is 3.08 bits per heavy atom. The summed E-state index contributed by atoms with van der Waals surface area (Å²) in [5.74, 6) is 0.772. The van der Waals surface area contributed by atoms with Gasteiger partial charge in [-0.3, -0.25) is 9.89 Å². The Morgan fingerprint density at radius 2 is 2.36 bits per heavy atom. The Morgan fingerprint density at radius 1 is 1.48 bits per heavy atom. The van der Waals surface area contributed by atoms with E-state index in [2.05, 4.69) is 20.7 Å². The molecule has 0 saturated carbocycles. The van der Waals surface area contributed by atoms with E-state index in [9.17, 15) is 4.79 Å². The second-order valence-electron chi connectivity index (χ2n) is 6.30. The Kier molecular flexibility index (Phi) is 5.83. The van der Waals surface area contributed by atoms with E-state index in [-0.39, 0.29) is 18.1 Å². The van der Waals surface area contributed by atoms with Gasteiger partial charge in [-0.05, 0) is 32.3 Å². The number of aromatic amines is 1. The van der Waals surface area contributed by atoms with Crippen molar-refractivity contribution >= 4 is 5.91 Å². The molecule has 1 saturated heterocycles. The van der Waals surface area contributed by atoms with Crippen LogP contribution in [0.5, 0.6) is 0 Å². The molecule has 0 aliphatic carbocycles. The zero-order valence-corrected chi connectivity index (χ0v) is 14.6. The lowest BCUT2D eigenvalue weighted by molar-refractivity contribution is -0.126. The van der Waals surface area contributed by atoms with Gasteiger partial charge in [0.25, 0.3) is 0 Å². The van der Waals surface area contributed by atoms with Crippen LogP contribution in [0.3, 0.4) is 0 Å².